The number of methoxy groups -OCH3 is 1. The molecule has 3 N–H and O–H groups in total. The molecule has 10 rings (SSSR count). The number of carbonyl (C=O) groups excluding carboxylic acids is 1. The Bertz CT molecular complexity index is 2980. The van der Waals surface area contributed by atoms with Crippen LogP contribution < -0.4 is 24.6 Å². The van der Waals surface area contributed by atoms with Gasteiger partial charge in [-0.25, -0.2) is 13.1 Å². The van der Waals surface area contributed by atoms with Gasteiger partial charge in [0.2, 0.25) is 5.88 Å². The molecular weight excluding hydrogens is 976 g/mol. The molecule has 0 bridgehead atoms. The molecule has 1 aliphatic carbocycles. The number of amides is 1. The van der Waals surface area contributed by atoms with Crippen LogP contribution in [-0.2, 0) is 29.0 Å². The average molecular weight is 1040 g/mol. The van der Waals surface area contributed by atoms with Crippen LogP contribution in [0.15, 0.2) is 89.5 Å². The zero-order valence-electron chi connectivity index (χ0n) is 41.4. The van der Waals surface area contributed by atoms with Gasteiger partial charge in [-0.1, -0.05) is 37.6 Å². The molecule has 0 saturated carbocycles. The molecule has 0 spiro atoms. The van der Waals surface area contributed by atoms with E-state index in [2.05, 4.69) is 50.8 Å². The number of nitrogens with zero attached hydrogens (tertiary/aromatic N) is 5. The van der Waals surface area contributed by atoms with Gasteiger partial charge >= 0.3 is 0 Å². The van der Waals surface area contributed by atoms with Crippen LogP contribution in [0.4, 0.5) is 28.4 Å². The molecule has 0 unspecified atom stereocenters. The van der Waals surface area contributed by atoms with Gasteiger partial charge < -0.3 is 43.8 Å². The maximum absolute atomic E-state index is 14.6. The molecule has 6 heterocycles. The van der Waals surface area contributed by atoms with Gasteiger partial charge in [0.25, 0.3) is 21.6 Å². The number of nitro groups is 1. The minimum absolute atomic E-state index is 0.00579. The first-order chi connectivity index (χ1) is 35.2. The lowest BCUT2D eigenvalue weighted by molar-refractivity contribution is -0.384. The second-order valence-corrected chi connectivity index (χ2v) is 22.5. The van der Waals surface area contributed by atoms with Crippen LogP contribution in [-0.4, -0.2) is 138 Å². The number of ether oxygens (including phenoxy) is 5. The fourth-order valence-corrected chi connectivity index (χ4v) is 11.9. The highest BCUT2D eigenvalue weighted by atomic mass is 35.5. The van der Waals surface area contributed by atoms with Crippen molar-refractivity contribution in [2.75, 3.05) is 94.5 Å². The van der Waals surface area contributed by atoms with Gasteiger partial charge in [0.1, 0.15) is 17.0 Å². The van der Waals surface area contributed by atoms with Crippen molar-refractivity contribution in [3.8, 4) is 5.88 Å². The van der Waals surface area contributed by atoms with Gasteiger partial charge in [-0.2, -0.15) is 4.98 Å². The summed E-state index contributed by atoms with van der Waals surface area (Å²) in [6.07, 6.45) is 6.20. The van der Waals surface area contributed by atoms with E-state index in [-0.39, 0.29) is 47.6 Å². The summed E-state index contributed by atoms with van der Waals surface area (Å²) in [6.45, 7) is 10.5. The summed E-state index contributed by atoms with van der Waals surface area (Å²) in [7, 11) is -3.01. The van der Waals surface area contributed by atoms with Crippen LogP contribution in [0.5, 0.6) is 5.88 Å². The van der Waals surface area contributed by atoms with Crippen molar-refractivity contribution in [3.05, 3.63) is 111 Å². The number of hydrogen-bond donors (Lipinski definition) is 3. The monoisotopic (exact) mass is 1040 g/mol. The molecule has 0 radical (unpaired) electrons. The second-order valence-electron chi connectivity index (χ2n) is 20.3. The number of nitro benzene ring substituents is 1. The van der Waals surface area contributed by atoms with Crippen LogP contribution in [0.1, 0.15) is 68.3 Å². The summed E-state index contributed by atoms with van der Waals surface area (Å²) in [6, 6.07) is 21.0. The summed E-state index contributed by atoms with van der Waals surface area (Å²) in [5, 5.41) is 16.9. The normalized spacial score (nSPS) is 23.0. The van der Waals surface area contributed by atoms with E-state index in [1.165, 1.54) is 23.3 Å². The molecule has 388 valence electrons. The Morgan fingerprint density at radius 2 is 1.82 bits per heavy atom. The predicted molar refractivity (Wildman–Crippen MR) is 280 cm³/mol. The Kier molecular flexibility index (Phi) is 15.0. The van der Waals surface area contributed by atoms with Gasteiger partial charge in [0.15, 0.2) is 0 Å². The van der Waals surface area contributed by atoms with E-state index >= 15 is 0 Å². The number of sulfonamides is 1. The van der Waals surface area contributed by atoms with Gasteiger partial charge in [-0.15, -0.1) is 0 Å². The van der Waals surface area contributed by atoms with Gasteiger partial charge in [0.05, 0.1) is 65.2 Å². The number of halogens is 1. The first-order valence-electron chi connectivity index (χ1n) is 25.1. The Hall–Kier alpha value is -5.80. The SMILES string of the molecule is CO[C@@H]1CC[C@@H](CNc2ccc(S(=O)(=O)NC(=O)c3ccc(N4CCN5CC6=C(c7ccc(Cl)cc7)CC(C)(C)C[C@H]6OCCCOC[C@@H]5C4)cc3N3CCCOc4nc5[nH]ccc5cc43)cc2[N+](=O)[O-])OC1. The van der Waals surface area contributed by atoms with Crippen molar-refractivity contribution in [3.63, 3.8) is 0 Å². The van der Waals surface area contributed by atoms with Crippen molar-refractivity contribution >= 4 is 72.6 Å². The second kappa shape index (κ2) is 21.6. The van der Waals surface area contributed by atoms with E-state index < -0.39 is 31.4 Å². The predicted octanol–water partition coefficient (Wildman–Crippen LogP) is 8.34. The summed E-state index contributed by atoms with van der Waals surface area (Å²) >= 11 is 6.38. The summed E-state index contributed by atoms with van der Waals surface area (Å²) in [5.74, 6) is -0.535. The first kappa shape index (κ1) is 50.7. The molecule has 2 aromatic heterocycles. The maximum atomic E-state index is 14.6. The van der Waals surface area contributed by atoms with Crippen LogP contribution >= 0.6 is 11.6 Å². The quantitative estimate of drug-likeness (QED) is 0.0841. The van der Waals surface area contributed by atoms with Crippen LogP contribution in [0.3, 0.4) is 0 Å². The van der Waals surface area contributed by atoms with E-state index in [4.69, 9.17) is 40.3 Å². The number of hydrogen-bond acceptors (Lipinski definition) is 15. The summed E-state index contributed by atoms with van der Waals surface area (Å²) in [5.41, 5.74) is 6.10. The Morgan fingerprint density at radius 1 is 0.973 bits per heavy atom. The third-order valence-electron chi connectivity index (χ3n) is 14.7. The minimum atomic E-state index is -4.64. The Labute approximate surface area is 430 Å². The van der Waals surface area contributed by atoms with E-state index in [0.29, 0.717) is 93.4 Å². The van der Waals surface area contributed by atoms with Crippen molar-refractivity contribution < 1.29 is 41.8 Å². The van der Waals surface area contributed by atoms with Crippen molar-refractivity contribution in [2.24, 2.45) is 5.41 Å². The molecule has 3 fully saturated rings. The van der Waals surface area contributed by atoms with E-state index in [0.717, 1.165) is 61.5 Å². The molecule has 5 aliphatic rings. The Balaban J connectivity index is 0.955. The molecule has 18 nitrogen and oxygen atoms in total. The number of carbonyl (C=O) groups is 1. The lowest BCUT2D eigenvalue weighted by Gasteiger charge is -2.45. The molecule has 4 atom stereocenters. The number of nitrogens with one attached hydrogen (secondary N) is 3. The smallest absolute Gasteiger partial charge is 0.293 e. The molecular formula is C53H63ClN8O10S. The number of rotatable bonds is 11. The number of anilines is 4. The standard InChI is InChI=1S/C53H63ClN8O10S/c1-53(2)27-43(34-6-8-36(54)9-7-34)44-31-60-20-19-59(30-38(60)32-69-21-5-23-70-49(44)28-53)37-10-14-42(46(25-37)61-18-4-22-71-52-48(61)24-35-16-17-55-50(35)57-52)51(63)58-73(66,67)41-13-15-45(47(26-41)62(64)65)56-29-39-11-12-40(68-3)33-72-39/h6-10,13-17,24-26,38-40,49,56H,4-5,11-12,18-23,27-33H2,1-3H3,(H,55,57)(H,58,63)/t38-,39-,40+,49+/m0/s1. The number of aromatic amines is 1. The zero-order chi connectivity index (χ0) is 50.9. The first-order valence-corrected chi connectivity index (χ1v) is 27.0. The highest BCUT2D eigenvalue weighted by Crippen LogP contribution is 2.46. The lowest BCUT2D eigenvalue weighted by atomic mass is 9.71. The number of fused-ring (bicyclic) bond motifs is 4. The number of pyridine rings is 1. The number of H-pyrrole nitrogens is 1. The number of allylic oxidation sites excluding steroid dienone is 1. The topological polar surface area (TPSA) is 203 Å². The van der Waals surface area contributed by atoms with Crippen LogP contribution in [0, 0.1) is 15.5 Å². The molecule has 4 aliphatic heterocycles. The lowest BCUT2D eigenvalue weighted by Crippen LogP contribution is -2.56. The number of piperazine rings is 1. The molecule has 3 saturated heterocycles. The van der Waals surface area contributed by atoms with Gasteiger partial charge in [-0.05, 0) is 115 Å². The third kappa shape index (κ3) is 11.3. The fraction of sp³-hybridized carbons (Fsp3) is 0.472. The Morgan fingerprint density at radius 3 is 2.62 bits per heavy atom. The number of aromatic nitrogens is 2. The summed E-state index contributed by atoms with van der Waals surface area (Å²) in [4.78, 5) is 40.6. The highest BCUT2D eigenvalue weighted by Gasteiger charge is 2.39. The minimum Gasteiger partial charge on any atom is -0.476 e. The average Bonchev–Trinajstić information content (AvgIpc) is 3.73. The van der Waals surface area contributed by atoms with E-state index in [9.17, 15) is 23.3 Å². The zero-order valence-corrected chi connectivity index (χ0v) is 43.0. The highest BCUT2D eigenvalue weighted by molar-refractivity contribution is 7.90. The van der Waals surface area contributed by atoms with Crippen molar-refractivity contribution in [1.82, 2.24) is 19.6 Å². The molecule has 73 heavy (non-hydrogen) atoms. The molecule has 3 aromatic carbocycles. The van der Waals surface area contributed by atoms with Crippen LogP contribution in [0.2, 0.25) is 5.02 Å². The molecule has 5 aromatic rings. The number of benzene rings is 3. The molecule has 20 heteroatoms. The van der Waals surface area contributed by atoms with Crippen LogP contribution in [0.25, 0.3) is 16.6 Å². The third-order valence-corrected chi connectivity index (χ3v) is 16.3. The van der Waals surface area contributed by atoms with Crippen molar-refractivity contribution in [1.29, 1.82) is 0 Å². The summed E-state index contributed by atoms with van der Waals surface area (Å²) < 4.78 is 61.0. The van der Waals surface area contributed by atoms with Gasteiger partial charge in [-0.3, -0.25) is 19.8 Å². The largest absolute Gasteiger partial charge is 0.476 e. The maximum Gasteiger partial charge on any atom is 0.293 e. The molecule has 1 amide bonds. The van der Waals surface area contributed by atoms with E-state index in [1.807, 2.05) is 41.3 Å². The fourth-order valence-electron chi connectivity index (χ4n) is 10.8. The van der Waals surface area contributed by atoms with Crippen molar-refractivity contribution in [2.45, 2.75) is 81.6 Å². The van der Waals surface area contributed by atoms with E-state index in [1.54, 1.807) is 19.4 Å². The van der Waals surface area contributed by atoms with Gasteiger partial charge in [0, 0.05) is 88.0 Å².